The zero-order valence-electron chi connectivity index (χ0n) is 19.8. The highest BCUT2D eigenvalue weighted by molar-refractivity contribution is 6.03. The monoisotopic (exact) mass is 514 g/mol. The minimum atomic E-state index is -1.13. The largest absolute Gasteiger partial charge is 0.465 e. The Bertz CT molecular complexity index is 1310. The van der Waals surface area contributed by atoms with Crippen LogP contribution in [0, 0.1) is 23.4 Å². The van der Waals surface area contributed by atoms with Crippen LogP contribution in [0.1, 0.15) is 53.7 Å². The first-order valence-corrected chi connectivity index (χ1v) is 11.7. The van der Waals surface area contributed by atoms with E-state index in [0.29, 0.717) is 18.5 Å². The summed E-state index contributed by atoms with van der Waals surface area (Å²) in [6.07, 6.45) is 3.92. The van der Waals surface area contributed by atoms with Crippen LogP contribution in [0.3, 0.4) is 0 Å². The van der Waals surface area contributed by atoms with E-state index in [1.165, 1.54) is 6.20 Å². The highest BCUT2D eigenvalue weighted by Gasteiger charge is 2.30. The number of nitrogens with one attached hydrogen (secondary N) is 2. The Morgan fingerprint density at radius 2 is 1.78 bits per heavy atom. The summed E-state index contributed by atoms with van der Waals surface area (Å²) in [5.41, 5.74) is -0.611. The van der Waals surface area contributed by atoms with Crippen LogP contribution in [-0.2, 0) is 6.61 Å². The molecule has 0 spiro atoms. The van der Waals surface area contributed by atoms with Gasteiger partial charge in [-0.05, 0) is 72.6 Å². The molecular weight excluding hydrogens is 489 g/mol. The molecule has 4 rings (SSSR count). The van der Waals surface area contributed by atoms with Crippen molar-refractivity contribution in [1.82, 2.24) is 15.3 Å². The van der Waals surface area contributed by atoms with Crippen LogP contribution in [0.25, 0.3) is 11.3 Å². The molecule has 3 aromatic rings. The second kappa shape index (κ2) is 11.0. The van der Waals surface area contributed by atoms with Crippen molar-refractivity contribution in [3.8, 4) is 11.3 Å². The van der Waals surface area contributed by atoms with Crippen molar-refractivity contribution in [3.63, 3.8) is 0 Å². The summed E-state index contributed by atoms with van der Waals surface area (Å²) >= 11 is 0. The Morgan fingerprint density at radius 3 is 2.46 bits per heavy atom. The number of hydrogen-bond acceptors (Lipinski definition) is 5. The summed E-state index contributed by atoms with van der Waals surface area (Å²) < 4.78 is 43.6. The van der Waals surface area contributed by atoms with E-state index in [1.54, 1.807) is 12.3 Å². The van der Waals surface area contributed by atoms with Crippen molar-refractivity contribution < 1.29 is 33.0 Å². The second-order valence-electron chi connectivity index (χ2n) is 9.19. The lowest BCUT2D eigenvalue weighted by atomic mass is 9.76. The van der Waals surface area contributed by atoms with Gasteiger partial charge in [0.2, 0.25) is 0 Å². The Kier molecular flexibility index (Phi) is 7.72. The summed E-state index contributed by atoms with van der Waals surface area (Å²) in [6, 6.07) is 5.22. The van der Waals surface area contributed by atoms with E-state index >= 15 is 0 Å². The molecule has 2 aromatic heterocycles. The molecule has 0 radical (unpaired) electrons. The molecule has 4 N–H and O–H groups in total. The van der Waals surface area contributed by atoms with Crippen molar-refractivity contribution in [2.24, 2.45) is 5.92 Å². The van der Waals surface area contributed by atoms with Gasteiger partial charge in [-0.15, -0.1) is 0 Å². The number of halogens is 3. The molecule has 3 atom stereocenters. The number of aliphatic hydroxyl groups excluding tert-OH is 1. The highest BCUT2D eigenvalue weighted by atomic mass is 19.1. The van der Waals surface area contributed by atoms with Gasteiger partial charge >= 0.3 is 6.09 Å². The molecule has 2 heterocycles. The van der Waals surface area contributed by atoms with Crippen molar-refractivity contribution >= 4 is 17.7 Å². The fourth-order valence-electron chi connectivity index (χ4n) is 4.89. The van der Waals surface area contributed by atoms with Crippen LogP contribution in [0.5, 0.6) is 0 Å². The van der Waals surface area contributed by atoms with Gasteiger partial charge in [-0.3, -0.25) is 9.78 Å². The zero-order valence-corrected chi connectivity index (χ0v) is 19.8. The number of carbonyl (C=O) groups excluding carboxylic acids is 1. The van der Waals surface area contributed by atoms with E-state index in [-0.39, 0.29) is 29.1 Å². The van der Waals surface area contributed by atoms with E-state index in [2.05, 4.69) is 20.6 Å². The molecule has 1 aliphatic rings. The number of pyridine rings is 2. The van der Waals surface area contributed by atoms with Crippen molar-refractivity contribution in [2.45, 2.75) is 44.8 Å². The third-order valence-electron chi connectivity index (χ3n) is 6.41. The predicted octanol–water partition coefficient (Wildman–Crippen LogP) is 4.85. The molecule has 1 saturated carbocycles. The molecule has 1 aromatic carbocycles. The second-order valence-corrected chi connectivity index (χ2v) is 9.19. The Morgan fingerprint density at radius 1 is 1.05 bits per heavy atom. The molecule has 1 unspecified atom stereocenters. The van der Waals surface area contributed by atoms with Crippen LogP contribution in [0.15, 0.2) is 42.7 Å². The van der Waals surface area contributed by atoms with E-state index in [1.807, 2.05) is 6.92 Å². The standard InChI is InChI=1S/C26H25F3N4O4/c1-13-6-15(10-16(7-13)31-26(36)37)17-4-5-30-11-22(17)33-25(35)21-3-2-18(27)24(32-21)23-19(28)8-14(12-34)9-20(23)29/h2-5,8-9,11,13,15-16,31,34H,6-7,10,12H2,1H3,(H,33,35)(H,36,37)/t13-,15+,16?/m0/s1. The van der Waals surface area contributed by atoms with Crippen molar-refractivity contribution in [3.05, 3.63) is 77.0 Å². The number of rotatable bonds is 6. The van der Waals surface area contributed by atoms with Crippen LogP contribution < -0.4 is 10.6 Å². The van der Waals surface area contributed by atoms with Crippen molar-refractivity contribution in [2.75, 3.05) is 5.32 Å². The van der Waals surface area contributed by atoms with Gasteiger partial charge in [0.1, 0.15) is 28.8 Å². The molecule has 194 valence electrons. The lowest BCUT2D eigenvalue weighted by molar-refractivity contribution is 0.102. The van der Waals surface area contributed by atoms with Gasteiger partial charge in [-0.2, -0.15) is 0 Å². The number of anilines is 1. The van der Waals surface area contributed by atoms with Gasteiger partial charge in [0, 0.05) is 12.2 Å². The first kappa shape index (κ1) is 26.1. The third kappa shape index (κ3) is 5.88. The molecule has 1 aliphatic carbocycles. The molecule has 1 fully saturated rings. The lowest BCUT2D eigenvalue weighted by Gasteiger charge is -2.34. The molecule has 0 bridgehead atoms. The Hall–Kier alpha value is -3.99. The minimum absolute atomic E-state index is 0.0324. The average Bonchev–Trinajstić information content (AvgIpc) is 2.84. The number of carboxylic acid groups (broad SMARTS) is 1. The predicted molar refractivity (Wildman–Crippen MR) is 128 cm³/mol. The van der Waals surface area contributed by atoms with Gasteiger partial charge in [-0.25, -0.2) is 22.9 Å². The van der Waals surface area contributed by atoms with Crippen LogP contribution in [0.4, 0.5) is 23.7 Å². The summed E-state index contributed by atoms with van der Waals surface area (Å²) in [7, 11) is 0. The number of nitrogens with zero attached hydrogens (tertiary/aromatic N) is 2. The SMILES string of the molecule is C[C@@H]1CC(NC(=O)O)C[C@H](c2ccncc2NC(=O)c2ccc(F)c(-c3c(F)cc(CO)cc3F)n2)C1. The summed E-state index contributed by atoms with van der Waals surface area (Å²) in [6.45, 7) is 1.42. The number of amides is 2. The molecular formula is C26H25F3N4O4. The lowest BCUT2D eigenvalue weighted by Crippen LogP contribution is -2.39. The van der Waals surface area contributed by atoms with Crippen LogP contribution in [-0.4, -0.2) is 38.2 Å². The summed E-state index contributed by atoms with van der Waals surface area (Å²) in [5, 5.41) is 23.5. The van der Waals surface area contributed by atoms with E-state index in [4.69, 9.17) is 10.2 Å². The maximum absolute atomic E-state index is 14.5. The van der Waals surface area contributed by atoms with Gasteiger partial charge in [-0.1, -0.05) is 6.92 Å². The maximum atomic E-state index is 14.5. The molecule has 8 nitrogen and oxygen atoms in total. The summed E-state index contributed by atoms with van der Waals surface area (Å²) in [5.74, 6) is -3.86. The number of carbonyl (C=O) groups is 2. The van der Waals surface area contributed by atoms with Crippen LogP contribution in [0.2, 0.25) is 0 Å². The third-order valence-corrected chi connectivity index (χ3v) is 6.41. The number of aliphatic hydroxyl groups is 1. The average molecular weight is 515 g/mol. The number of aromatic nitrogens is 2. The fraction of sp³-hybridized carbons (Fsp3) is 0.308. The molecule has 0 saturated heterocycles. The zero-order chi connectivity index (χ0) is 26.7. The van der Waals surface area contributed by atoms with Gasteiger partial charge in [0.15, 0.2) is 0 Å². The Labute approximate surface area is 210 Å². The first-order chi connectivity index (χ1) is 17.7. The van der Waals surface area contributed by atoms with Crippen LogP contribution >= 0.6 is 0 Å². The fourth-order valence-corrected chi connectivity index (χ4v) is 4.89. The topological polar surface area (TPSA) is 124 Å². The van der Waals surface area contributed by atoms with Crippen molar-refractivity contribution in [1.29, 1.82) is 0 Å². The maximum Gasteiger partial charge on any atom is 0.404 e. The first-order valence-electron chi connectivity index (χ1n) is 11.7. The van der Waals surface area contributed by atoms with Gasteiger partial charge in [0.05, 0.1) is 24.1 Å². The normalized spacial score (nSPS) is 19.3. The van der Waals surface area contributed by atoms with E-state index in [9.17, 15) is 22.8 Å². The minimum Gasteiger partial charge on any atom is -0.465 e. The molecule has 0 aliphatic heterocycles. The quantitative estimate of drug-likeness (QED) is 0.373. The van der Waals surface area contributed by atoms with E-state index < -0.39 is 47.3 Å². The van der Waals surface area contributed by atoms with E-state index in [0.717, 1.165) is 36.2 Å². The molecule has 2 amide bonds. The summed E-state index contributed by atoms with van der Waals surface area (Å²) in [4.78, 5) is 32.2. The Balaban J connectivity index is 1.62. The molecule has 37 heavy (non-hydrogen) atoms. The highest BCUT2D eigenvalue weighted by Crippen LogP contribution is 2.39. The number of benzene rings is 1. The smallest absolute Gasteiger partial charge is 0.404 e. The van der Waals surface area contributed by atoms with Gasteiger partial charge in [0.25, 0.3) is 5.91 Å². The number of hydrogen-bond donors (Lipinski definition) is 4. The van der Waals surface area contributed by atoms with Gasteiger partial charge < -0.3 is 20.8 Å². The molecule has 11 heteroatoms.